The molecule has 2 aliphatic carbocycles. The Balaban J connectivity index is 1.54. The molecule has 0 radical (unpaired) electrons. The molecule has 0 spiro atoms. The number of carbonyl (C=O) groups excluding carboxylic acids is 1. The van der Waals surface area contributed by atoms with Gasteiger partial charge in [-0.1, -0.05) is 5.16 Å². The number of alkyl halides is 2. The largest absolute Gasteiger partial charge is 0.334 e. The Morgan fingerprint density at radius 2 is 2.33 bits per heavy atom. The molecule has 2 saturated carbocycles. The molecule has 8 heteroatoms. The number of hydrogen-bond acceptors (Lipinski definition) is 4. The van der Waals surface area contributed by atoms with Gasteiger partial charge in [-0.2, -0.15) is 4.98 Å². The summed E-state index contributed by atoms with van der Waals surface area (Å²) < 4.78 is 31.3. The molecule has 0 bridgehead atoms. The van der Waals surface area contributed by atoms with Crippen molar-refractivity contribution >= 4 is 12.0 Å². The molecule has 1 aromatic heterocycles. The number of amides is 2. The topological polar surface area (TPSA) is 80.0 Å². The molecule has 98 valence electrons. The lowest BCUT2D eigenvalue weighted by atomic mass is 10.2. The normalized spacial score (nSPS) is 31.8. The highest BCUT2D eigenvalue weighted by Gasteiger charge is 2.68. The number of aryl methyl sites for hydroxylation is 1. The Labute approximate surface area is 101 Å². The van der Waals surface area contributed by atoms with Crippen LogP contribution in [0.4, 0.5) is 19.6 Å². The average molecular weight is 258 g/mol. The Morgan fingerprint density at radius 3 is 2.89 bits per heavy atom. The molecule has 6 nitrogen and oxygen atoms in total. The molecular formula is C10H12F2N4O2. The van der Waals surface area contributed by atoms with Gasteiger partial charge in [-0.05, 0) is 19.3 Å². The fraction of sp³-hybridized carbons (Fsp3) is 0.700. The van der Waals surface area contributed by atoms with Crippen LogP contribution in [0.3, 0.4) is 0 Å². The number of aromatic nitrogens is 2. The second kappa shape index (κ2) is 3.63. The quantitative estimate of drug-likeness (QED) is 0.843. The van der Waals surface area contributed by atoms with E-state index in [9.17, 15) is 13.6 Å². The predicted octanol–water partition coefficient (Wildman–Crippen LogP) is 1.54. The van der Waals surface area contributed by atoms with Crippen LogP contribution in [0.15, 0.2) is 4.52 Å². The summed E-state index contributed by atoms with van der Waals surface area (Å²) in [4.78, 5) is 15.3. The first-order valence-electron chi connectivity index (χ1n) is 5.73. The third-order valence-electron chi connectivity index (χ3n) is 3.51. The molecule has 3 rings (SSSR count). The molecule has 1 heterocycles. The van der Waals surface area contributed by atoms with Crippen molar-refractivity contribution in [3.63, 3.8) is 0 Å². The van der Waals surface area contributed by atoms with Gasteiger partial charge < -0.3 is 9.84 Å². The second-order valence-corrected chi connectivity index (χ2v) is 4.76. The zero-order chi connectivity index (χ0) is 12.9. The lowest BCUT2D eigenvalue weighted by molar-refractivity contribution is -0.0175. The highest BCUT2D eigenvalue weighted by atomic mass is 19.3. The molecule has 3 atom stereocenters. The lowest BCUT2D eigenvalue weighted by Gasteiger charge is -2.13. The summed E-state index contributed by atoms with van der Waals surface area (Å²) in [6, 6.07) is -1.07. The first-order valence-corrected chi connectivity index (χ1v) is 5.73. The number of hydrogen-bond donors (Lipinski definition) is 2. The van der Waals surface area contributed by atoms with Crippen LogP contribution in [-0.4, -0.2) is 28.1 Å². The highest BCUT2D eigenvalue weighted by Crippen LogP contribution is 2.59. The van der Waals surface area contributed by atoms with Gasteiger partial charge in [-0.15, -0.1) is 0 Å². The van der Waals surface area contributed by atoms with Crippen LogP contribution in [0, 0.1) is 18.8 Å². The SMILES string of the molecule is Cc1noc(NC(=O)N[C@@H]2[C@H]3CCC(F)(F)[C@H]32)n1. The first kappa shape index (κ1) is 11.4. The number of urea groups is 1. The van der Waals surface area contributed by atoms with Crippen molar-refractivity contribution in [2.45, 2.75) is 31.7 Å². The van der Waals surface area contributed by atoms with E-state index in [1.165, 1.54) is 0 Å². The molecule has 1 aromatic rings. The van der Waals surface area contributed by atoms with Gasteiger partial charge in [0.2, 0.25) is 0 Å². The summed E-state index contributed by atoms with van der Waals surface area (Å²) in [5.41, 5.74) is 0. The Hall–Kier alpha value is -1.73. The zero-order valence-corrected chi connectivity index (χ0v) is 9.61. The van der Waals surface area contributed by atoms with Crippen molar-refractivity contribution < 1.29 is 18.1 Å². The summed E-state index contributed by atoms with van der Waals surface area (Å²) >= 11 is 0. The Morgan fingerprint density at radius 1 is 1.56 bits per heavy atom. The maximum absolute atomic E-state index is 13.3. The van der Waals surface area contributed by atoms with Gasteiger partial charge in [0.25, 0.3) is 5.92 Å². The minimum atomic E-state index is -2.65. The standard InChI is InChI=1S/C10H12F2N4O2/c1-4-13-9(18-16-4)15-8(17)14-7-5-2-3-10(11,12)6(5)7/h5-7H,2-3H2,1H3,(H2,13,14,15,16,17)/t5-,6+,7+/m0/s1. The van der Waals surface area contributed by atoms with Crippen LogP contribution in [0.25, 0.3) is 0 Å². The van der Waals surface area contributed by atoms with Crippen LogP contribution >= 0.6 is 0 Å². The highest BCUT2D eigenvalue weighted by molar-refractivity contribution is 5.87. The maximum atomic E-state index is 13.3. The summed E-state index contributed by atoms with van der Waals surface area (Å²) in [6.07, 6.45) is 0.382. The van der Waals surface area contributed by atoms with Crippen LogP contribution in [0.2, 0.25) is 0 Å². The van der Waals surface area contributed by atoms with Crippen molar-refractivity contribution in [1.29, 1.82) is 0 Å². The van der Waals surface area contributed by atoms with Crippen molar-refractivity contribution in [3.8, 4) is 0 Å². The van der Waals surface area contributed by atoms with Crippen molar-refractivity contribution in [1.82, 2.24) is 15.5 Å². The zero-order valence-electron chi connectivity index (χ0n) is 9.61. The van der Waals surface area contributed by atoms with Gasteiger partial charge in [0.1, 0.15) is 0 Å². The van der Waals surface area contributed by atoms with Crippen molar-refractivity contribution in [3.05, 3.63) is 5.82 Å². The van der Waals surface area contributed by atoms with Crippen LogP contribution < -0.4 is 10.6 Å². The third kappa shape index (κ3) is 1.81. The summed E-state index contributed by atoms with van der Waals surface area (Å²) in [7, 11) is 0. The first-order chi connectivity index (χ1) is 8.47. The molecule has 0 aromatic carbocycles. The molecule has 18 heavy (non-hydrogen) atoms. The number of halogens is 2. The van der Waals surface area contributed by atoms with Crippen LogP contribution in [0.1, 0.15) is 18.7 Å². The van der Waals surface area contributed by atoms with Crippen molar-refractivity contribution in [2.24, 2.45) is 11.8 Å². The van der Waals surface area contributed by atoms with Gasteiger partial charge in [0.15, 0.2) is 5.82 Å². The van der Waals surface area contributed by atoms with E-state index in [-0.39, 0.29) is 18.4 Å². The second-order valence-electron chi connectivity index (χ2n) is 4.76. The van der Waals surface area contributed by atoms with Crippen molar-refractivity contribution in [2.75, 3.05) is 5.32 Å². The minimum Gasteiger partial charge on any atom is -0.334 e. The summed E-state index contributed by atoms with van der Waals surface area (Å²) in [6.45, 7) is 1.61. The number of carbonyl (C=O) groups is 1. The van der Waals surface area contributed by atoms with E-state index in [1.54, 1.807) is 6.92 Å². The van der Waals surface area contributed by atoms with Crippen LogP contribution in [0.5, 0.6) is 0 Å². The monoisotopic (exact) mass is 258 g/mol. The summed E-state index contributed by atoms with van der Waals surface area (Å²) in [5.74, 6) is -3.08. The molecular weight excluding hydrogens is 246 g/mol. The smallest absolute Gasteiger partial charge is 0.329 e. The van der Waals surface area contributed by atoms with E-state index in [4.69, 9.17) is 4.52 Å². The molecule has 0 saturated heterocycles. The fourth-order valence-electron chi connectivity index (χ4n) is 2.66. The van der Waals surface area contributed by atoms with E-state index >= 15 is 0 Å². The Kier molecular flexibility index (Phi) is 2.29. The maximum Gasteiger partial charge on any atom is 0.329 e. The number of anilines is 1. The van der Waals surface area contributed by atoms with E-state index in [0.29, 0.717) is 12.2 Å². The number of nitrogens with zero attached hydrogens (tertiary/aromatic N) is 2. The number of nitrogens with one attached hydrogen (secondary N) is 2. The molecule has 0 aliphatic heterocycles. The number of fused-ring (bicyclic) bond motifs is 1. The average Bonchev–Trinajstić information content (AvgIpc) is 2.64. The van der Waals surface area contributed by atoms with Crippen LogP contribution in [-0.2, 0) is 0 Å². The third-order valence-corrected chi connectivity index (χ3v) is 3.51. The molecule has 2 amide bonds. The van der Waals surface area contributed by atoms with Gasteiger partial charge in [0, 0.05) is 18.4 Å². The molecule has 2 aliphatic rings. The predicted molar refractivity (Wildman–Crippen MR) is 56.1 cm³/mol. The van der Waals surface area contributed by atoms with E-state index < -0.39 is 23.9 Å². The van der Waals surface area contributed by atoms with E-state index in [2.05, 4.69) is 20.8 Å². The number of rotatable bonds is 2. The summed E-state index contributed by atoms with van der Waals surface area (Å²) in [5, 5.41) is 8.32. The lowest BCUT2D eigenvalue weighted by Crippen LogP contribution is -2.35. The van der Waals surface area contributed by atoms with Gasteiger partial charge in [0.05, 0.1) is 0 Å². The fourth-order valence-corrected chi connectivity index (χ4v) is 2.66. The minimum absolute atomic E-state index is 0.0393. The molecule has 0 unspecified atom stereocenters. The molecule has 2 fully saturated rings. The van der Waals surface area contributed by atoms with E-state index in [1.807, 2.05) is 0 Å². The van der Waals surface area contributed by atoms with Gasteiger partial charge in [-0.3, -0.25) is 5.32 Å². The molecule has 2 N–H and O–H groups in total. The Bertz CT molecular complexity index is 490. The van der Waals surface area contributed by atoms with E-state index in [0.717, 1.165) is 0 Å². The van der Waals surface area contributed by atoms with Gasteiger partial charge >= 0.3 is 12.0 Å². The van der Waals surface area contributed by atoms with Gasteiger partial charge in [-0.25, -0.2) is 13.6 Å².